The molecule has 4 rings (SSSR count). The molecule has 7 nitrogen and oxygen atoms in total. The lowest BCUT2D eigenvalue weighted by Crippen LogP contribution is -2.29. The van der Waals surface area contributed by atoms with Gasteiger partial charge in [0.15, 0.2) is 5.82 Å². The summed E-state index contributed by atoms with van der Waals surface area (Å²) in [6, 6.07) is 10.8. The predicted molar refractivity (Wildman–Crippen MR) is 123 cm³/mol. The number of pyridine rings is 1. The normalized spacial score (nSPS) is 16.7. The fourth-order valence-corrected chi connectivity index (χ4v) is 3.95. The van der Waals surface area contributed by atoms with Gasteiger partial charge in [-0.25, -0.2) is 15.0 Å². The molecular formula is C25H29FN4O3. The van der Waals surface area contributed by atoms with Crippen molar-refractivity contribution in [2.45, 2.75) is 25.9 Å². The summed E-state index contributed by atoms with van der Waals surface area (Å²) in [6.45, 7) is 3.99. The first kappa shape index (κ1) is 23.2. The zero-order valence-electron chi connectivity index (χ0n) is 18.9. The van der Waals surface area contributed by atoms with Crippen molar-refractivity contribution < 1.29 is 19.0 Å². The van der Waals surface area contributed by atoms with Crippen molar-refractivity contribution >= 4 is 0 Å². The van der Waals surface area contributed by atoms with Crippen LogP contribution in [0.3, 0.4) is 0 Å². The number of likely N-dealkylation sites (N-methyl/N-ethyl adjacent to an activating group) is 1. The number of aromatic nitrogens is 3. The van der Waals surface area contributed by atoms with Gasteiger partial charge in [0.2, 0.25) is 5.95 Å². The molecule has 2 atom stereocenters. The third-order valence-corrected chi connectivity index (χ3v) is 5.74. The van der Waals surface area contributed by atoms with Gasteiger partial charge in [0.25, 0.3) is 0 Å². The number of hydrogen-bond donors (Lipinski definition) is 2. The number of aliphatic hydroxyl groups is 1. The molecule has 3 aromatic rings. The van der Waals surface area contributed by atoms with E-state index in [0.29, 0.717) is 41.9 Å². The van der Waals surface area contributed by atoms with Gasteiger partial charge in [0.05, 0.1) is 11.3 Å². The number of aliphatic hydroxyl groups excluding tert-OH is 1. The van der Waals surface area contributed by atoms with Gasteiger partial charge in [-0.2, -0.15) is 4.39 Å². The summed E-state index contributed by atoms with van der Waals surface area (Å²) in [5.41, 5.74) is 3.37. The van der Waals surface area contributed by atoms with Crippen LogP contribution in [0.2, 0.25) is 0 Å². The molecule has 1 aliphatic heterocycles. The summed E-state index contributed by atoms with van der Waals surface area (Å²) >= 11 is 0. The number of nitrogens with zero attached hydrogens (tertiary/aromatic N) is 3. The van der Waals surface area contributed by atoms with Crippen LogP contribution in [-0.4, -0.2) is 59.6 Å². The Kier molecular flexibility index (Phi) is 7.59. The van der Waals surface area contributed by atoms with Crippen LogP contribution >= 0.6 is 0 Å². The molecule has 0 radical (unpaired) electrons. The van der Waals surface area contributed by atoms with E-state index in [-0.39, 0.29) is 6.61 Å². The lowest BCUT2D eigenvalue weighted by Gasteiger charge is -2.16. The number of halogens is 1. The van der Waals surface area contributed by atoms with Gasteiger partial charge in [0, 0.05) is 37.2 Å². The molecule has 0 saturated carbocycles. The number of rotatable bonds is 9. The first-order chi connectivity index (χ1) is 16.0. The summed E-state index contributed by atoms with van der Waals surface area (Å²) in [6.07, 6.45) is 2.53. The Balaban J connectivity index is 1.71. The van der Waals surface area contributed by atoms with Crippen LogP contribution < -0.4 is 10.1 Å². The molecule has 0 aliphatic carbocycles. The SMILES string of the molecule is CNCC(O)COc1cccc(-c2nc(C[C@@H]3CCOC3)c(C)c(-c3cccnc3F)n2)c1. The van der Waals surface area contributed by atoms with Gasteiger partial charge >= 0.3 is 0 Å². The van der Waals surface area contributed by atoms with E-state index < -0.39 is 12.1 Å². The molecule has 0 amide bonds. The Labute approximate surface area is 193 Å². The maximum atomic E-state index is 14.6. The molecule has 2 N–H and O–H groups in total. The standard InChI is InChI=1S/C25H29FN4O3/c1-16-22(11-17-8-10-32-14-17)29-25(30-23(16)21-7-4-9-28-24(21)26)18-5-3-6-20(12-18)33-15-19(31)13-27-2/h3-7,9,12,17,19,27,31H,8,10-11,13-15H2,1-2H3/t17-,19?/m0/s1. The molecule has 1 aromatic carbocycles. The molecule has 33 heavy (non-hydrogen) atoms. The minimum Gasteiger partial charge on any atom is -0.491 e. The summed E-state index contributed by atoms with van der Waals surface area (Å²) in [5, 5.41) is 12.8. The third-order valence-electron chi connectivity index (χ3n) is 5.74. The third kappa shape index (κ3) is 5.71. The molecule has 1 aliphatic rings. The van der Waals surface area contributed by atoms with Crippen molar-refractivity contribution in [1.82, 2.24) is 20.3 Å². The molecule has 0 spiro atoms. The topological polar surface area (TPSA) is 89.4 Å². The molecule has 8 heteroatoms. The van der Waals surface area contributed by atoms with Gasteiger partial charge in [0.1, 0.15) is 18.5 Å². The van der Waals surface area contributed by atoms with E-state index in [0.717, 1.165) is 36.3 Å². The first-order valence-electron chi connectivity index (χ1n) is 11.2. The lowest BCUT2D eigenvalue weighted by molar-refractivity contribution is 0.108. The van der Waals surface area contributed by atoms with E-state index in [1.54, 1.807) is 19.2 Å². The second kappa shape index (κ2) is 10.8. The number of hydrogen-bond acceptors (Lipinski definition) is 7. The summed E-state index contributed by atoms with van der Waals surface area (Å²) < 4.78 is 25.9. The fraction of sp³-hybridized carbons (Fsp3) is 0.400. The highest BCUT2D eigenvalue weighted by atomic mass is 19.1. The predicted octanol–water partition coefficient (Wildman–Crippen LogP) is 3.19. The van der Waals surface area contributed by atoms with E-state index in [9.17, 15) is 9.50 Å². The van der Waals surface area contributed by atoms with Crippen LogP contribution in [-0.2, 0) is 11.2 Å². The molecule has 1 saturated heterocycles. The smallest absolute Gasteiger partial charge is 0.222 e. The van der Waals surface area contributed by atoms with Crippen LogP contribution in [0.4, 0.5) is 4.39 Å². The van der Waals surface area contributed by atoms with Crippen LogP contribution in [0.15, 0.2) is 42.6 Å². The lowest BCUT2D eigenvalue weighted by atomic mass is 9.97. The van der Waals surface area contributed by atoms with Crippen molar-refractivity contribution in [3.8, 4) is 28.4 Å². The Morgan fingerprint density at radius 3 is 2.91 bits per heavy atom. The molecule has 174 valence electrons. The van der Waals surface area contributed by atoms with Gasteiger partial charge in [-0.3, -0.25) is 0 Å². The van der Waals surface area contributed by atoms with Crippen LogP contribution in [0.1, 0.15) is 17.7 Å². The minimum absolute atomic E-state index is 0.165. The minimum atomic E-state index is -0.616. The van der Waals surface area contributed by atoms with E-state index in [2.05, 4.69) is 10.3 Å². The van der Waals surface area contributed by atoms with Crippen LogP contribution in [0.5, 0.6) is 5.75 Å². The highest BCUT2D eigenvalue weighted by Gasteiger charge is 2.22. The second-order valence-corrected chi connectivity index (χ2v) is 8.29. The highest BCUT2D eigenvalue weighted by molar-refractivity contribution is 5.68. The molecule has 3 heterocycles. The van der Waals surface area contributed by atoms with E-state index in [4.69, 9.17) is 19.4 Å². The van der Waals surface area contributed by atoms with Crippen molar-refractivity contribution in [3.63, 3.8) is 0 Å². The maximum Gasteiger partial charge on any atom is 0.222 e. The first-order valence-corrected chi connectivity index (χ1v) is 11.2. The van der Waals surface area contributed by atoms with Crippen molar-refractivity contribution in [2.24, 2.45) is 5.92 Å². The number of benzene rings is 1. The zero-order valence-corrected chi connectivity index (χ0v) is 18.9. The van der Waals surface area contributed by atoms with Crippen LogP contribution in [0.25, 0.3) is 22.6 Å². The van der Waals surface area contributed by atoms with Crippen molar-refractivity contribution in [3.05, 3.63) is 59.8 Å². The Morgan fingerprint density at radius 2 is 2.15 bits per heavy atom. The largest absolute Gasteiger partial charge is 0.491 e. The Bertz CT molecular complexity index is 1090. The van der Waals surface area contributed by atoms with E-state index in [1.165, 1.54) is 6.20 Å². The Morgan fingerprint density at radius 1 is 1.27 bits per heavy atom. The van der Waals surface area contributed by atoms with Crippen molar-refractivity contribution in [2.75, 3.05) is 33.4 Å². The highest BCUT2D eigenvalue weighted by Crippen LogP contribution is 2.31. The zero-order chi connectivity index (χ0) is 23.2. The van der Waals surface area contributed by atoms with Gasteiger partial charge in [-0.15, -0.1) is 0 Å². The average Bonchev–Trinajstić information content (AvgIpc) is 3.33. The average molecular weight is 453 g/mol. The summed E-state index contributed by atoms with van der Waals surface area (Å²) in [7, 11) is 1.77. The summed E-state index contributed by atoms with van der Waals surface area (Å²) in [5.74, 6) is 0.915. The van der Waals surface area contributed by atoms with Crippen LogP contribution in [0, 0.1) is 18.8 Å². The molecule has 0 bridgehead atoms. The van der Waals surface area contributed by atoms with Gasteiger partial charge in [-0.1, -0.05) is 12.1 Å². The monoisotopic (exact) mass is 452 g/mol. The Hall–Kier alpha value is -2.94. The van der Waals surface area contributed by atoms with E-state index in [1.807, 2.05) is 31.2 Å². The quantitative estimate of drug-likeness (QED) is 0.482. The van der Waals surface area contributed by atoms with Crippen molar-refractivity contribution in [1.29, 1.82) is 0 Å². The molecule has 1 unspecified atom stereocenters. The number of nitrogens with one attached hydrogen (secondary N) is 1. The molecule has 2 aromatic heterocycles. The fourth-order valence-electron chi connectivity index (χ4n) is 3.95. The van der Waals surface area contributed by atoms with Gasteiger partial charge < -0.3 is 19.9 Å². The second-order valence-electron chi connectivity index (χ2n) is 8.29. The van der Waals surface area contributed by atoms with Gasteiger partial charge in [-0.05, 0) is 62.6 Å². The molecular weight excluding hydrogens is 423 g/mol. The van der Waals surface area contributed by atoms with E-state index >= 15 is 0 Å². The maximum absolute atomic E-state index is 14.6. The molecule has 1 fully saturated rings. The number of ether oxygens (including phenoxy) is 2. The summed E-state index contributed by atoms with van der Waals surface area (Å²) in [4.78, 5) is 13.4.